The second-order valence-electron chi connectivity index (χ2n) is 6.01. The molecule has 1 aromatic carbocycles. The molecule has 1 N–H and O–H groups in total. The summed E-state index contributed by atoms with van der Waals surface area (Å²) in [6.07, 6.45) is 6.49. The lowest BCUT2D eigenvalue weighted by Crippen LogP contribution is -2.29. The highest BCUT2D eigenvalue weighted by Crippen LogP contribution is 2.35. The molecular formula is C18H30N2. The van der Waals surface area contributed by atoms with Crippen LogP contribution in [-0.4, -0.2) is 19.1 Å². The number of para-hydroxylation sites is 1. The van der Waals surface area contributed by atoms with Crippen LogP contribution in [0.15, 0.2) is 24.3 Å². The second-order valence-corrected chi connectivity index (χ2v) is 6.01. The highest BCUT2D eigenvalue weighted by molar-refractivity contribution is 5.56. The zero-order valence-corrected chi connectivity index (χ0v) is 13.4. The standard InChI is InChI=1S/C18H30N2/c1-4-6-14-20(16-11-12-16)18-10-8-7-9-17(18)15(3)19-13-5-2/h7-10,15-16,19H,4-6,11-14H2,1-3H3. The van der Waals surface area contributed by atoms with E-state index in [9.17, 15) is 0 Å². The molecule has 1 aromatic rings. The summed E-state index contributed by atoms with van der Waals surface area (Å²) < 4.78 is 0. The summed E-state index contributed by atoms with van der Waals surface area (Å²) >= 11 is 0. The Morgan fingerprint density at radius 1 is 1.20 bits per heavy atom. The van der Waals surface area contributed by atoms with Gasteiger partial charge >= 0.3 is 0 Å². The first-order valence-electron chi connectivity index (χ1n) is 8.36. The molecule has 2 heteroatoms. The molecule has 2 nitrogen and oxygen atoms in total. The zero-order chi connectivity index (χ0) is 14.4. The van der Waals surface area contributed by atoms with Crippen molar-refractivity contribution in [3.05, 3.63) is 29.8 Å². The first kappa shape index (κ1) is 15.4. The van der Waals surface area contributed by atoms with E-state index in [0.717, 1.165) is 12.6 Å². The van der Waals surface area contributed by atoms with Gasteiger partial charge in [-0.15, -0.1) is 0 Å². The summed E-state index contributed by atoms with van der Waals surface area (Å²) in [7, 11) is 0. The molecule has 0 aromatic heterocycles. The fourth-order valence-corrected chi connectivity index (χ4v) is 2.80. The van der Waals surface area contributed by atoms with E-state index in [1.165, 1.54) is 49.9 Å². The summed E-state index contributed by atoms with van der Waals surface area (Å²) in [5.41, 5.74) is 2.92. The summed E-state index contributed by atoms with van der Waals surface area (Å²) in [5.74, 6) is 0. The summed E-state index contributed by atoms with van der Waals surface area (Å²) in [6, 6.07) is 10.2. The molecule has 0 amide bonds. The normalized spacial score (nSPS) is 16.1. The van der Waals surface area contributed by atoms with Crippen LogP contribution in [0.5, 0.6) is 0 Å². The maximum Gasteiger partial charge on any atom is 0.0417 e. The molecule has 1 fully saturated rings. The lowest BCUT2D eigenvalue weighted by atomic mass is 10.0. The summed E-state index contributed by atoms with van der Waals surface area (Å²) in [5, 5.41) is 3.63. The van der Waals surface area contributed by atoms with E-state index in [4.69, 9.17) is 0 Å². The van der Waals surface area contributed by atoms with Gasteiger partial charge in [-0.3, -0.25) is 0 Å². The SMILES string of the molecule is CCCCN(c1ccccc1C(C)NCCC)C1CC1. The van der Waals surface area contributed by atoms with Crippen molar-refractivity contribution in [3.63, 3.8) is 0 Å². The number of hydrogen-bond donors (Lipinski definition) is 1. The van der Waals surface area contributed by atoms with Crippen LogP contribution in [0.1, 0.15) is 64.5 Å². The third kappa shape index (κ3) is 3.99. The average Bonchev–Trinajstić information content (AvgIpc) is 3.30. The van der Waals surface area contributed by atoms with Gasteiger partial charge in [0.2, 0.25) is 0 Å². The van der Waals surface area contributed by atoms with Crippen LogP contribution >= 0.6 is 0 Å². The van der Waals surface area contributed by atoms with Crippen molar-refractivity contribution in [2.75, 3.05) is 18.0 Å². The molecule has 1 aliphatic rings. The van der Waals surface area contributed by atoms with Gasteiger partial charge in [0, 0.05) is 24.3 Å². The quantitative estimate of drug-likeness (QED) is 0.712. The van der Waals surface area contributed by atoms with Gasteiger partial charge in [0.05, 0.1) is 0 Å². The van der Waals surface area contributed by atoms with Crippen LogP contribution in [-0.2, 0) is 0 Å². The van der Waals surface area contributed by atoms with E-state index >= 15 is 0 Å². The van der Waals surface area contributed by atoms with Crippen molar-refractivity contribution in [1.82, 2.24) is 5.32 Å². The maximum atomic E-state index is 3.63. The van der Waals surface area contributed by atoms with E-state index in [0.29, 0.717) is 6.04 Å². The minimum absolute atomic E-state index is 0.439. The van der Waals surface area contributed by atoms with Gasteiger partial charge in [-0.1, -0.05) is 38.5 Å². The Morgan fingerprint density at radius 3 is 2.60 bits per heavy atom. The van der Waals surface area contributed by atoms with Gasteiger partial charge in [0.15, 0.2) is 0 Å². The van der Waals surface area contributed by atoms with Gasteiger partial charge in [-0.25, -0.2) is 0 Å². The van der Waals surface area contributed by atoms with Gasteiger partial charge in [-0.2, -0.15) is 0 Å². The van der Waals surface area contributed by atoms with Crippen LogP contribution in [0.4, 0.5) is 5.69 Å². The first-order chi connectivity index (χ1) is 9.77. The van der Waals surface area contributed by atoms with Crippen molar-refractivity contribution in [1.29, 1.82) is 0 Å². The lowest BCUT2D eigenvalue weighted by Gasteiger charge is -2.29. The smallest absolute Gasteiger partial charge is 0.0417 e. The minimum Gasteiger partial charge on any atom is -0.368 e. The lowest BCUT2D eigenvalue weighted by molar-refractivity contribution is 0.568. The number of hydrogen-bond acceptors (Lipinski definition) is 2. The first-order valence-corrected chi connectivity index (χ1v) is 8.36. The molecule has 20 heavy (non-hydrogen) atoms. The Balaban J connectivity index is 2.15. The van der Waals surface area contributed by atoms with E-state index in [1.54, 1.807) is 0 Å². The number of benzene rings is 1. The maximum absolute atomic E-state index is 3.63. The Labute approximate surface area is 124 Å². The number of nitrogens with one attached hydrogen (secondary N) is 1. The van der Waals surface area contributed by atoms with Crippen molar-refractivity contribution >= 4 is 5.69 Å². The van der Waals surface area contributed by atoms with Crippen molar-refractivity contribution in [3.8, 4) is 0 Å². The van der Waals surface area contributed by atoms with Gasteiger partial charge in [-0.05, 0) is 50.8 Å². The Kier molecular flexibility index (Phi) is 5.90. The Hall–Kier alpha value is -1.02. The van der Waals surface area contributed by atoms with Crippen LogP contribution in [0.25, 0.3) is 0 Å². The second kappa shape index (κ2) is 7.68. The zero-order valence-electron chi connectivity index (χ0n) is 13.4. The van der Waals surface area contributed by atoms with Crippen molar-refractivity contribution in [2.45, 2.75) is 65.0 Å². The van der Waals surface area contributed by atoms with Crippen LogP contribution in [0, 0.1) is 0 Å². The van der Waals surface area contributed by atoms with Crippen molar-refractivity contribution in [2.24, 2.45) is 0 Å². The highest BCUT2D eigenvalue weighted by Gasteiger charge is 2.30. The number of nitrogens with zero attached hydrogens (tertiary/aromatic N) is 1. The minimum atomic E-state index is 0.439. The molecular weight excluding hydrogens is 244 g/mol. The molecule has 0 heterocycles. The Bertz CT molecular complexity index is 398. The topological polar surface area (TPSA) is 15.3 Å². The van der Waals surface area contributed by atoms with E-state index in [-0.39, 0.29) is 0 Å². The third-order valence-corrected chi connectivity index (χ3v) is 4.15. The van der Waals surface area contributed by atoms with Crippen LogP contribution in [0.3, 0.4) is 0 Å². The van der Waals surface area contributed by atoms with Gasteiger partial charge in [0.25, 0.3) is 0 Å². The van der Waals surface area contributed by atoms with Crippen LogP contribution in [0.2, 0.25) is 0 Å². The predicted molar refractivity (Wildman–Crippen MR) is 88.4 cm³/mol. The number of unbranched alkanes of at least 4 members (excludes halogenated alkanes) is 1. The molecule has 112 valence electrons. The molecule has 1 aliphatic carbocycles. The fourth-order valence-electron chi connectivity index (χ4n) is 2.80. The molecule has 0 spiro atoms. The van der Waals surface area contributed by atoms with Gasteiger partial charge in [0.1, 0.15) is 0 Å². The molecule has 1 atom stereocenters. The van der Waals surface area contributed by atoms with Crippen molar-refractivity contribution < 1.29 is 0 Å². The van der Waals surface area contributed by atoms with E-state index < -0.39 is 0 Å². The molecule has 0 radical (unpaired) electrons. The van der Waals surface area contributed by atoms with Gasteiger partial charge < -0.3 is 10.2 Å². The Morgan fingerprint density at radius 2 is 1.95 bits per heavy atom. The summed E-state index contributed by atoms with van der Waals surface area (Å²) in [6.45, 7) is 9.09. The monoisotopic (exact) mass is 274 g/mol. The molecule has 0 saturated heterocycles. The molecule has 0 aliphatic heterocycles. The third-order valence-electron chi connectivity index (χ3n) is 4.15. The summed E-state index contributed by atoms with van der Waals surface area (Å²) in [4.78, 5) is 2.66. The molecule has 1 unspecified atom stereocenters. The number of anilines is 1. The predicted octanol–water partition coefficient (Wildman–Crippen LogP) is 4.52. The van der Waals surface area contributed by atoms with E-state index in [1.807, 2.05) is 0 Å². The fraction of sp³-hybridized carbons (Fsp3) is 0.667. The largest absolute Gasteiger partial charge is 0.368 e. The average molecular weight is 274 g/mol. The van der Waals surface area contributed by atoms with E-state index in [2.05, 4.69) is 55.3 Å². The molecule has 0 bridgehead atoms. The molecule has 2 rings (SSSR count). The molecule has 1 saturated carbocycles. The number of rotatable bonds is 9. The van der Waals surface area contributed by atoms with Crippen LogP contribution < -0.4 is 10.2 Å². The highest BCUT2D eigenvalue weighted by atomic mass is 15.2.